The molecular formula is C18H14Cl2N2. The Kier molecular flexibility index (Phi) is 3.24. The van der Waals surface area contributed by atoms with E-state index in [9.17, 15) is 0 Å². The number of rotatable bonds is 3. The zero-order valence-electron chi connectivity index (χ0n) is 11.8. The van der Waals surface area contributed by atoms with Gasteiger partial charge in [-0.25, -0.2) is 0 Å². The summed E-state index contributed by atoms with van der Waals surface area (Å²) in [4.78, 5) is 0. The number of nitrogens with one attached hydrogen (secondary N) is 1. The van der Waals surface area contributed by atoms with E-state index in [0.717, 1.165) is 29.8 Å². The Labute approximate surface area is 139 Å². The Morgan fingerprint density at radius 3 is 2.41 bits per heavy atom. The van der Waals surface area contributed by atoms with Crippen molar-refractivity contribution in [2.45, 2.75) is 18.3 Å². The first-order valence-corrected chi connectivity index (χ1v) is 8.01. The van der Waals surface area contributed by atoms with Gasteiger partial charge in [0.25, 0.3) is 0 Å². The van der Waals surface area contributed by atoms with Crippen LogP contribution in [0.2, 0.25) is 10.0 Å². The number of aromatic amines is 1. The fourth-order valence-corrected chi connectivity index (χ4v) is 3.50. The van der Waals surface area contributed by atoms with Crippen LogP contribution in [-0.2, 0) is 5.41 Å². The van der Waals surface area contributed by atoms with Crippen LogP contribution in [0.4, 0.5) is 0 Å². The van der Waals surface area contributed by atoms with Crippen molar-refractivity contribution in [1.82, 2.24) is 10.2 Å². The third kappa shape index (κ3) is 2.23. The third-order valence-corrected chi connectivity index (χ3v) is 4.92. The van der Waals surface area contributed by atoms with Gasteiger partial charge in [0.05, 0.1) is 10.7 Å². The molecule has 0 saturated heterocycles. The van der Waals surface area contributed by atoms with Crippen molar-refractivity contribution in [3.8, 4) is 11.3 Å². The topological polar surface area (TPSA) is 28.7 Å². The molecule has 0 spiro atoms. The number of H-pyrrole nitrogens is 1. The van der Waals surface area contributed by atoms with Crippen LogP contribution in [0.25, 0.3) is 11.3 Å². The van der Waals surface area contributed by atoms with E-state index in [1.165, 1.54) is 5.56 Å². The Morgan fingerprint density at radius 1 is 0.955 bits per heavy atom. The van der Waals surface area contributed by atoms with E-state index in [0.29, 0.717) is 10.0 Å². The maximum absolute atomic E-state index is 6.28. The fraction of sp³-hybridized carbons (Fsp3) is 0.167. The lowest BCUT2D eigenvalue weighted by molar-refractivity contribution is 0.792. The molecule has 1 saturated carbocycles. The maximum Gasteiger partial charge on any atom is 0.0938 e. The summed E-state index contributed by atoms with van der Waals surface area (Å²) in [6.07, 6.45) is 2.29. The lowest BCUT2D eigenvalue weighted by Crippen LogP contribution is -2.08. The van der Waals surface area contributed by atoms with Crippen molar-refractivity contribution >= 4 is 23.2 Å². The highest BCUT2D eigenvalue weighted by molar-refractivity contribution is 6.36. The summed E-state index contributed by atoms with van der Waals surface area (Å²) in [5.74, 6) is 0. The van der Waals surface area contributed by atoms with E-state index in [-0.39, 0.29) is 5.41 Å². The molecule has 1 fully saturated rings. The van der Waals surface area contributed by atoms with Crippen molar-refractivity contribution in [3.63, 3.8) is 0 Å². The molecule has 0 radical (unpaired) electrons. The van der Waals surface area contributed by atoms with Gasteiger partial charge < -0.3 is 0 Å². The van der Waals surface area contributed by atoms with Crippen molar-refractivity contribution < 1.29 is 0 Å². The molecule has 0 atom stereocenters. The van der Waals surface area contributed by atoms with Gasteiger partial charge in [0, 0.05) is 21.7 Å². The van der Waals surface area contributed by atoms with Gasteiger partial charge in [-0.2, -0.15) is 5.10 Å². The van der Waals surface area contributed by atoms with E-state index in [1.54, 1.807) is 6.07 Å². The molecule has 4 rings (SSSR count). The highest BCUT2D eigenvalue weighted by atomic mass is 35.5. The van der Waals surface area contributed by atoms with Gasteiger partial charge in [-0.3, -0.25) is 5.10 Å². The van der Waals surface area contributed by atoms with Gasteiger partial charge in [0.1, 0.15) is 0 Å². The van der Waals surface area contributed by atoms with E-state index >= 15 is 0 Å². The molecule has 2 aromatic carbocycles. The number of hydrogen-bond donors (Lipinski definition) is 1. The molecule has 1 aliphatic carbocycles. The number of benzene rings is 2. The van der Waals surface area contributed by atoms with E-state index in [4.69, 9.17) is 23.2 Å². The molecule has 4 heteroatoms. The molecule has 1 heterocycles. The predicted octanol–water partition coefficient (Wildman–Crippen LogP) is 5.46. The second kappa shape index (κ2) is 5.15. The highest BCUT2D eigenvalue weighted by Crippen LogP contribution is 2.53. The summed E-state index contributed by atoms with van der Waals surface area (Å²) < 4.78 is 0. The smallest absolute Gasteiger partial charge is 0.0938 e. The molecule has 0 bridgehead atoms. The lowest BCUT2D eigenvalue weighted by Gasteiger charge is -2.13. The lowest BCUT2D eigenvalue weighted by atomic mass is 9.92. The average Bonchev–Trinajstić information content (AvgIpc) is 3.20. The summed E-state index contributed by atoms with van der Waals surface area (Å²) >= 11 is 12.2. The Bertz CT molecular complexity index is 820. The fourth-order valence-electron chi connectivity index (χ4n) is 3.00. The highest BCUT2D eigenvalue weighted by Gasteiger charge is 2.47. The molecule has 0 amide bonds. The van der Waals surface area contributed by atoms with E-state index in [2.05, 4.69) is 40.5 Å². The molecule has 3 aromatic rings. The van der Waals surface area contributed by atoms with Crippen LogP contribution >= 0.6 is 23.2 Å². The molecular weight excluding hydrogens is 315 g/mol. The van der Waals surface area contributed by atoms with Gasteiger partial charge in [0.2, 0.25) is 0 Å². The van der Waals surface area contributed by atoms with Crippen LogP contribution in [0.15, 0.2) is 54.6 Å². The summed E-state index contributed by atoms with van der Waals surface area (Å²) in [6, 6.07) is 18.2. The maximum atomic E-state index is 6.28. The van der Waals surface area contributed by atoms with E-state index in [1.807, 2.05) is 18.2 Å². The number of halogens is 2. The Morgan fingerprint density at radius 2 is 1.73 bits per heavy atom. The van der Waals surface area contributed by atoms with E-state index < -0.39 is 0 Å². The largest absolute Gasteiger partial charge is 0.281 e. The minimum absolute atomic E-state index is 0.0887. The molecule has 110 valence electrons. The second-order valence-electron chi connectivity index (χ2n) is 5.74. The van der Waals surface area contributed by atoms with Crippen LogP contribution in [0.3, 0.4) is 0 Å². The first-order valence-electron chi connectivity index (χ1n) is 7.26. The summed E-state index contributed by atoms with van der Waals surface area (Å²) in [6.45, 7) is 0. The Balaban J connectivity index is 1.73. The molecule has 0 aliphatic heterocycles. The SMILES string of the molecule is Clc1ccc(-c2cc(C3(c4ccccc4)CC3)[nH]n2)c(Cl)c1. The second-order valence-corrected chi connectivity index (χ2v) is 6.58. The predicted molar refractivity (Wildman–Crippen MR) is 90.5 cm³/mol. The van der Waals surface area contributed by atoms with Crippen molar-refractivity contribution in [2.75, 3.05) is 0 Å². The standard InChI is InChI=1S/C18H14Cl2N2/c19-13-6-7-14(15(20)10-13)16-11-17(22-21-16)18(8-9-18)12-4-2-1-3-5-12/h1-7,10-11H,8-9H2,(H,21,22). The van der Waals surface area contributed by atoms with Gasteiger partial charge in [-0.05, 0) is 42.7 Å². The van der Waals surface area contributed by atoms with Gasteiger partial charge in [-0.15, -0.1) is 0 Å². The first-order chi connectivity index (χ1) is 10.7. The quantitative estimate of drug-likeness (QED) is 0.679. The van der Waals surface area contributed by atoms with Crippen LogP contribution in [-0.4, -0.2) is 10.2 Å². The van der Waals surface area contributed by atoms with Crippen LogP contribution in [0.5, 0.6) is 0 Å². The number of nitrogens with zero attached hydrogens (tertiary/aromatic N) is 1. The monoisotopic (exact) mass is 328 g/mol. The molecule has 0 unspecified atom stereocenters. The number of aromatic nitrogens is 2. The molecule has 2 nitrogen and oxygen atoms in total. The van der Waals surface area contributed by atoms with Crippen LogP contribution in [0.1, 0.15) is 24.1 Å². The van der Waals surface area contributed by atoms with Crippen molar-refractivity contribution in [2.24, 2.45) is 0 Å². The number of hydrogen-bond acceptors (Lipinski definition) is 1. The summed E-state index contributed by atoms with van der Waals surface area (Å²) in [5, 5.41) is 8.91. The summed E-state index contributed by atoms with van der Waals surface area (Å²) in [5.41, 5.74) is 4.34. The molecule has 22 heavy (non-hydrogen) atoms. The van der Waals surface area contributed by atoms with Crippen molar-refractivity contribution in [1.29, 1.82) is 0 Å². The van der Waals surface area contributed by atoms with Gasteiger partial charge >= 0.3 is 0 Å². The van der Waals surface area contributed by atoms with Crippen molar-refractivity contribution in [3.05, 3.63) is 75.9 Å². The normalized spacial score (nSPS) is 15.7. The van der Waals surface area contributed by atoms with Crippen LogP contribution in [0, 0.1) is 0 Å². The first kappa shape index (κ1) is 13.9. The minimum atomic E-state index is 0.0887. The molecule has 1 N–H and O–H groups in total. The Hall–Kier alpha value is -1.77. The zero-order chi connectivity index (χ0) is 15.2. The average molecular weight is 329 g/mol. The van der Waals surface area contributed by atoms with Crippen LogP contribution < -0.4 is 0 Å². The molecule has 1 aromatic heterocycles. The summed E-state index contributed by atoms with van der Waals surface area (Å²) in [7, 11) is 0. The van der Waals surface area contributed by atoms with Gasteiger partial charge in [0.15, 0.2) is 0 Å². The van der Waals surface area contributed by atoms with Gasteiger partial charge in [-0.1, -0.05) is 53.5 Å². The molecule has 1 aliphatic rings. The third-order valence-electron chi connectivity index (χ3n) is 4.38. The zero-order valence-corrected chi connectivity index (χ0v) is 13.3. The minimum Gasteiger partial charge on any atom is -0.281 e.